The molecule has 0 spiro atoms. The van der Waals surface area contributed by atoms with Gasteiger partial charge in [0, 0.05) is 11.8 Å². The summed E-state index contributed by atoms with van der Waals surface area (Å²) in [6.07, 6.45) is -3.16. The fourth-order valence-corrected chi connectivity index (χ4v) is 1.58. The molecule has 21 heavy (non-hydrogen) atoms. The molecule has 0 radical (unpaired) electrons. The van der Waals surface area contributed by atoms with Gasteiger partial charge in [0.2, 0.25) is 0 Å². The average Bonchev–Trinajstić information content (AvgIpc) is 2.46. The SMILES string of the molecule is O=Nc1ccc(O)c(C=Nc2ccc(C(F)(F)F)cc2)c1. The summed E-state index contributed by atoms with van der Waals surface area (Å²) in [5, 5.41) is 12.3. The molecule has 0 unspecified atom stereocenters. The number of alkyl halides is 3. The minimum Gasteiger partial charge on any atom is -0.507 e. The average molecular weight is 294 g/mol. The van der Waals surface area contributed by atoms with Gasteiger partial charge < -0.3 is 5.11 Å². The number of hydrogen-bond acceptors (Lipinski definition) is 4. The van der Waals surface area contributed by atoms with Crippen LogP contribution in [0.2, 0.25) is 0 Å². The molecule has 1 N–H and O–H groups in total. The molecule has 4 nitrogen and oxygen atoms in total. The van der Waals surface area contributed by atoms with Gasteiger partial charge in [0.05, 0.1) is 11.3 Å². The molecule has 0 saturated carbocycles. The molecule has 0 aromatic heterocycles. The van der Waals surface area contributed by atoms with Gasteiger partial charge in [0.1, 0.15) is 11.4 Å². The van der Waals surface area contributed by atoms with Crippen molar-refractivity contribution in [3.8, 4) is 5.75 Å². The van der Waals surface area contributed by atoms with Crippen molar-refractivity contribution in [1.82, 2.24) is 0 Å². The summed E-state index contributed by atoms with van der Waals surface area (Å²) in [5.41, 5.74) is -0.128. The van der Waals surface area contributed by atoms with E-state index in [0.717, 1.165) is 12.1 Å². The summed E-state index contributed by atoms with van der Waals surface area (Å²) in [5.74, 6) is -0.113. The predicted molar refractivity (Wildman–Crippen MR) is 72.3 cm³/mol. The van der Waals surface area contributed by atoms with Crippen LogP contribution in [0, 0.1) is 4.91 Å². The maximum absolute atomic E-state index is 12.4. The predicted octanol–water partition coefficient (Wildman–Crippen LogP) is 4.56. The quantitative estimate of drug-likeness (QED) is 0.666. The number of aromatic hydroxyl groups is 1. The smallest absolute Gasteiger partial charge is 0.416 e. The molecule has 0 aliphatic heterocycles. The Labute approximate surface area is 117 Å². The second-order valence-electron chi connectivity index (χ2n) is 4.14. The Morgan fingerprint density at radius 1 is 1.00 bits per heavy atom. The molecule has 2 aromatic rings. The first-order valence-corrected chi connectivity index (χ1v) is 5.78. The zero-order valence-electron chi connectivity index (χ0n) is 10.5. The number of nitrogens with zero attached hydrogens (tertiary/aromatic N) is 2. The topological polar surface area (TPSA) is 62.0 Å². The summed E-state index contributed by atoms with van der Waals surface area (Å²) < 4.78 is 37.2. The van der Waals surface area contributed by atoms with Crippen LogP contribution in [-0.4, -0.2) is 11.3 Å². The van der Waals surface area contributed by atoms with Crippen molar-refractivity contribution in [3.63, 3.8) is 0 Å². The van der Waals surface area contributed by atoms with E-state index >= 15 is 0 Å². The van der Waals surface area contributed by atoms with Gasteiger partial charge in [-0.2, -0.15) is 13.2 Å². The molecule has 0 atom stereocenters. The lowest BCUT2D eigenvalue weighted by molar-refractivity contribution is -0.137. The van der Waals surface area contributed by atoms with Crippen LogP contribution in [0.25, 0.3) is 0 Å². The number of phenols is 1. The second-order valence-corrected chi connectivity index (χ2v) is 4.14. The highest BCUT2D eigenvalue weighted by molar-refractivity contribution is 5.86. The van der Waals surface area contributed by atoms with E-state index in [1.54, 1.807) is 0 Å². The number of aliphatic imine (C=N–C) groups is 1. The molecule has 2 rings (SSSR count). The highest BCUT2D eigenvalue weighted by Crippen LogP contribution is 2.30. The molecule has 2 aromatic carbocycles. The third-order valence-corrected chi connectivity index (χ3v) is 2.66. The third kappa shape index (κ3) is 3.65. The Balaban J connectivity index is 2.23. The minimum atomic E-state index is -4.40. The summed E-state index contributed by atoms with van der Waals surface area (Å²) >= 11 is 0. The molecule has 0 heterocycles. The van der Waals surface area contributed by atoms with Gasteiger partial charge >= 0.3 is 6.18 Å². The van der Waals surface area contributed by atoms with E-state index in [2.05, 4.69) is 10.2 Å². The van der Waals surface area contributed by atoms with Crippen LogP contribution in [0.15, 0.2) is 52.6 Å². The number of halogens is 3. The van der Waals surface area contributed by atoms with E-state index in [1.165, 1.54) is 36.5 Å². The highest BCUT2D eigenvalue weighted by atomic mass is 19.4. The Hall–Kier alpha value is -2.70. The van der Waals surface area contributed by atoms with Crippen LogP contribution in [0.4, 0.5) is 24.5 Å². The molecule has 7 heteroatoms. The number of hydrogen-bond donors (Lipinski definition) is 1. The van der Waals surface area contributed by atoms with Crippen LogP contribution in [0.3, 0.4) is 0 Å². The van der Waals surface area contributed by atoms with Gasteiger partial charge in [-0.25, -0.2) is 0 Å². The first-order valence-electron chi connectivity index (χ1n) is 5.78. The van der Waals surface area contributed by atoms with E-state index in [4.69, 9.17) is 0 Å². The van der Waals surface area contributed by atoms with Crippen LogP contribution >= 0.6 is 0 Å². The summed E-state index contributed by atoms with van der Waals surface area (Å²) in [4.78, 5) is 14.3. The zero-order chi connectivity index (χ0) is 15.5. The number of nitroso groups, excluding NO2 is 1. The lowest BCUT2D eigenvalue weighted by Crippen LogP contribution is -2.03. The van der Waals surface area contributed by atoms with E-state index in [1.807, 2.05) is 0 Å². The highest BCUT2D eigenvalue weighted by Gasteiger charge is 2.29. The van der Waals surface area contributed by atoms with Crippen molar-refractivity contribution in [2.24, 2.45) is 10.2 Å². The van der Waals surface area contributed by atoms with E-state index in [0.29, 0.717) is 0 Å². The molecule has 108 valence electrons. The Morgan fingerprint density at radius 3 is 2.19 bits per heavy atom. The zero-order valence-corrected chi connectivity index (χ0v) is 10.5. The first kappa shape index (κ1) is 14.7. The van der Waals surface area contributed by atoms with Crippen molar-refractivity contribution in [3.05, 3.63) is 58.5 Å². The maximum Gasteiger partial charge on any atom is 0.416 e. The van der Waals surface area contributed by atoms with Gasteiger partial charge in [-0.15, -0.1) is 4.91 Å². The van der Waals surface area contributed by atoms with Crippen molar-refractivity contribution >= 4 is 17.6 Å². The molecule has 0 fully saturated rings. The monoisotopic (exact) mass is 294 g/mol. The first-order chi connectivity index (χ1) is 9.90. The number of benzene rings is 2. The fourth-order valence-electron chi connectivity index (χ4n) is 1.58. The van der Waals surface area contributed by atoms with Gasteiger partial charge in [0.25, 0.3) is 0 Å². The van der Waals surface area contributed by atoms with E-state index in [-0.39, 0.29) is 22.7 Å². The molecular formula is C14H9F3N2O2. The van der Waals surface area contributed by atoms with Gasteiger partial charge in [-0.05, 0) is 47.6 Å². The normalized spacial score (nSPS) is 11.8. The van der Waals surface area contributed by atoms with Crippen LogP contribution in [0.5, 0.6) is 5.75 Å². The summed E-state index contributed by atoms with van der Waals surface area (Å²) in [6, 6.07) is 8.17. The molecular weight excluding hydrogens is 285 g/mol. The lowest BCUT2D eigenvalue weighted by atomic mass is 10.2. The third-order valence-electron chi connectivity index (χ3n) is 2.66. The second kappa shape index (κ2) is 5.74. The van der Waals surface area contributed by atoms with E-state index < -0.39 is 11.7 Å². The van der Waals surface area contributed by atoms with E-state index in [9.17, 15) is 23.2 Å². The molecule has 0 saturated heterocycles. The van der Waals surface area contributed by atoms with Crippen molar-refractivity contribution in [2.45, 2.75) is 6.18 Å². The van der Waals surface area contributed by atoms with Crippen LogP contribution in [-0.2, 0) is 6.18 Å². The Morgan fingerprint density at radius 2 is 1.62 bits per heavy atom. The number of rotatable bonds is 3. The van der Waals surface area contributed by atoms with Gasteiger partial charge in [0.15, 0.2) is 0 Å². The Kier molecular flexibility index (Phi) is 4.02. The number of phenolic OH excluding ortho intramolecular Hbond substituents is 1. The maximum atomic E-state index is 12.4. The molecule has 0 aliphatic rings. The largest absolute Gasteiger partial charge is 0.507 e. The summed E-state index contributed by atoms with van der Waals surface area (Å²) in [6.45, 7) is 0. The summed E-state index contributed by atoms with van der Waals surface area (Å²) in [7, 11) is 0. The van der Waals surface area contributed by atoms with Crippen LogP contribution < -0.4 is 0 Å². The van der Waals surface area contributed by atoms with Crippen molar-refractivity contribution in [2.75, 3.05) is 0 Å². The fraction of sp³-hybridized carbons (Fsp3) is 0.0714. The molecule has 0 aliphatic carbocycles. The molecule has 0 amide bonds. The van der Waals surface area contributed by atoms with Gasteiger partial charge in [-0.3, -0.25) is 4.99 Å². The van der Waals surface area contributed by atoms with Crippen LogP contribution in [0.1, 0.15) is 11.1 Å². The standard InChI is InChI=1S/C14H9F3N2O2/c15-14(16,17)10-1-3-11(4-2-10)18-8-9-7-12(19-21)5-6-13(9)20/h1-8,20H. The van der Waals surface area contributed by atoms with Crippen molar-refractivity contribution in [1.29, 1.82) is 0 Å². The lowest BCUT2D eigenvalue weighted by Gasteiger charge is -2.05. The van der Waals surface area contributed by atoms with Crippen molar-refractivity contribution < 1.29 is 18.3 Å². The van der Waals surface area contributed by atoms with Gasteiger partial charge in [-0.1, -0.05) is 0 Å². The molecule has 0 bridgehead atoms. The Bertz CT molecular complexity index is 680. The minimum absolute atomic E-state index is 0.113.